The molecule has 0 heterocycles. The fourth-order valence-electron chi connectivity index (χ4n) is 2.22. The van der Waals surface area contributed by atoms with Crippen molar-refractivity contribution in [2.45, 2.75) is 0 Å². The minimum absolute atomic E-state index is 0.0868. The molecule has 0 amide bonds. The van der Waals surface area contributed by atoms with Crippen molar-refractivity contribution in [3.8, 4) is 22.6 Å². The van der Waals surface area contributed by atoms with Gasteiger partial charge in [-0.15, -0.1) is 0 Å². The molecule has 0 bridgehead atoms. The largest absolute Gasteiger partial charge is 0.519 e. The molecule has 0 unspecified atom stereocenters. The molecule has 124 valence electrons. The van der Waals surface area contributed by atoms with Gasteiger partial charge in [0.25, 0.3) is 5.69 Å². The molecule has 0 aliphatic carbocycles. The van der Waals surface area contributed by atoms with Crippen LogP contribution in [-0.2, 0) is 0 Å². The Labute approximate surface area is 143 Å². The van der Waals surface area contributed by atoms with E-state index in [1.54, 1.807) is 18.2 Å². The van der Waals surface area contributed by atoms with Crippen LogP contribution in [0, 0.1) is 10.1 Å². The van der Waals surface area contributed by atoms with Crippen molar-refractivity contribution in [3.05, 3.63) is 89.0 Å². The summed E-state index contributed by atoms with van der Waals surface area (Å²) in [6.07, 6.45) is -0.918. The maximum atomic E-state index is 11.9. The second kappa shape index (κ2) is 7.27. The third kappa shape index (κ3) is 4.20. The molecule has 0 aromatic heterocycles. The number of nitro benzene ring substituents is 1. The Morgan fingerprint density at radius 2 is 1.40 bits per heavy atom. The van der Waals surface area contributed by atoms with Crippen LogP contribution in [0.5, 0.6) is 11.5 Å². The third-order valence-electron chi connectivity index (χ3n) is 3.39. The van der Waals surface area contributed by atoms with Gasteiger partial charge in [-0.05, 0) is 35.4 Å². The molecule has 3 rings (SSSR count). The van der Waals surface area contributed by atoms with Gasteiger partial charge in [0.05, 0.1) is 4.92 Å². The first kappa shape index (κ1) is 16.2. The van der Waals surface area contributed by atoms with Gasteiger partial charge in [0.1, 0.15) is 11.5 Å². The highest BCUT2D eigenvalue weighted by atomic mass is 16.7. The molecule has 0 radical (unpaired) electrons. The predicted molar refractivity (Wildman–Crippen MR) is 91.6 cm³/mol. The van der Waals surface area contributed by atoms with Crippen LogP contribution in [-0.4, -0.2) is 11.1 Å². The highest BCUT2D eigenvalue weighted by molar-refractivity contribution is 5.70. The number of benzene rings is 3. The summed E-state index contributed by atoms with van der Waals surface area (Å²) in [5.41, 5.74) is 1.81. The molecule has 0 N–H and O–H groups in total. The molecular formula is C19H13NO5. The number of ether oxygens (including phenoxy) is 2. The lowest BCUT2D eigenvalue weighted by Crippen LogP contribution is -2.13. The van der Waals surface area contributed by atoms with Gasteiger partial charge in [0.2, 0.25) is 0 Å². The van der Waals surface area contributed by atoms with E-state index in [1.807, 2.05) is 36.4 Å². The zero-order chi connectivity index (χ0) is 17.6. The first-order valence-electron chi connectivity index (χ1n) is 7.41. The maximum Gasteiger partial charge on any atom is 0.519 e. The van der Waals surface area contributed by atoms with Gasteiger partial charge >= 0.3 is 6.16 Å². The molecule has 0 aliphatic heterocycles. The summed E-state index contributed by atoms with van der Waals surface area (Å²) in [7, 11) is 0. The lowest BCUT2D eigenvalue weighted by molar-refractivity contribution is -0.384. The van der Waals surface area contributed by atoms with Crippen LogP contribution in [0.2, 0.25) is 0 Å². The van der Waals surface area contributed by atoms with Crippen molar-refractivity contribution in [1.29, 1.82) is 0 Å². The van der Waals surface area contributed by atoms with Gasteiger partial charge in [0, 0.05) is 12.1 Å². The predicted octanol–water partition coefficient (Wildman–Crippen LogP) is 4.84. The number of rotatable bonds is 4. The zero-order valence-corrected chi connectivity index (χ0v) is 13.0. The topological polar surface area (TPSA) is 78.7 Å². The van der Waals surface area contributed by atoms with Crippen LogP contribution in [0.4, 0.5) is 10.5 Å². The van der Waals surface area contributed by atoms with Gasteiger partial charge < -0.3 is 9.47 Å². The Hall–Kier alpha value is -3.67. The number of hydrogen-bond donors (Lipinski definition) is 0. The van der Waals surface area contributed by atoms with Crippen molar-refractivity contribution < 1.29 is 19.2 Å². The fourth-order valence-corrected chi connectivity index (χ4v) is 2.22. The first-order chi connectivity index (χ1) is 12.1. The monoisotopic (exact) mass is 335 g/mol. The molecular weight excluding hydrogens is 322 g/mol. The van der Waals surface area contributed by atoms with Crippen molar-refractivity contribution in [2.24, 2.45) is 0 Å². The normalized spacial score (nSPS) is 10.1. The van der Waals surface area contributed by atoms with E-state index in [4.69, 9.17) is 9.47 Å². The van der Waals surface area contributed by atoms with Crippen LogP contribution in [0.3, 0.4) is 0 Å². The number of carbonyl (C=O) groups is 1. The molecule has 6 nitrogen and oxygen atoms in total. The Bertz CT molecular complexity index is 891. The Morgan fingerprint density at radius 1 is 0.760 bits per heavy atom. The first-order valence-corrected chi connectivity index (χ1v) is 7.41. The van der Waals surface area contributed by atoms with Crippen molar-refractivity contribution >= 4 is 11.8 Å². The summed E-state index contributed by atoms with van der Waals surface area (Å²) < 4.78 is 10.2. The molecule has 25 heavy (non-hydrogen) atoms. The summed E-state index contributed by atoms with van der Waals surface area (Å²) in [5.74, 6) is 0.503. The van der Waals surface area contributed by atoms with Gasteiger partial charge in [-0.2, -0.15) is 0 Å². The molecule has 0 aliphatic rings. The highest BCUT2D eigenvalue weighted by Crippen LogP contribution is 2.24. The van der Waals surface area contributed by atoms with E-state index in [-0.39, 0.29) is 11.4 Å². The Balaban J connectivity index is 1.68. The third-order valence-corrected chi connectivity index (χ3v) is 3.39. The van der Waals surface area contributed by atoms with E-state index >= 15 is 0 Å². The quantitative estimate of drug-likeness (QED) is 0.295. The fraction of sp³-hybridized carbons (Fsp3) is 0. The summed E-state index contributed by atoms with van der Waals surface area (Å²) in [6.45, 7) is 0. The maximum absolute atomic E-state index is 11.9. The standard InChI is InChI=1S/C19H13NO5/c21-19(24-17-11-9-16(10-12-17)20(22)23)25-18-8-4-7-15(13-18)14-5-2-1-3-6-14/h1-13H. The van der Waals surface area contributed by atoms with E-state index in [1.165, 1.54) is 24.3 Å². The molecule has 0 spiro atoms. The minimum atomic E-state index is -0.918. The number of nitrogens with zero attached hydrogens (tertiary/aromatic N) is 1. The average molecular weight is 335 g/mol. The summed E-state index contributed by atoms with van der Waals surface area (Å²) in [5, 5.41) is 10.6. The zero-order valence-electron chi connectivity index (χ0n) is 13.0. The van der Waals surface area contributed by atoms with Crippen molar-refractivity contribution in [1.82, 2.24) is 0 Å². The van der Waals surface area contributed by atoms with E-state index in [2.05, 4.69) is 0 Å². The van der Waals surface area contributed by atoms with E-state index in [9.17, 15) is 14.9 Å². The molecule has 6 heteroatoms. The Kier molecular flexibility index (Phi) is 4.71. The van der Waals surface area contributed by atoms with Gasteiger partial charge in [0.15, 0.2) is 0 Å². The highest BCUT2D eigenvalue weighted by Gasteiger charge is 2.11. The van der Waals surface area contributed by atoms with Gasteiger partial charge in [-0.25, -0.2) is 4.79 Å². The van der Waals surface area contributed by atoms with Crippen LogP contribution >= 0.6 is 0 Å². The average Bonchev–Trinajstić information content (AvgIpc) is 2.63. The summed E-state index contributed by atoms with van der Waals surface area (Å²) >= 11 is 0. The molecule has 0 atom stereocenters. The second-order valence-corrected chi connectivity index (χ2v) is 5.10. The van der Waals surface area contributed by atoms with Crippen molar-refractivity contribution in [3.63, 3.8) is 0 Å². The summed E-state index contributed by atoms with van der Waals surface area (Å²) in [4.78, 5) is 21.9. The van der Waals surface area contributed by atoms with E-state index in [0.717, 1.165) is 11.1 Å². The van der Waals surface area contributed by atoms with Gasteiger partial charge in [-0.3, -0.25) is 10.1 Å². The summed E-state index contributed by atoms with van der Waals surface area (Å²) in [6, 6.07) is 21.9. The van der Waals surface area contributed by atoms with Crippen LogP contribution in [0.1, 0.15) is 0 Å². The number of hydrogen-bond acceptors (Lipinski definition) is 5. The van der Waals surface area contributed by atoms with Crippen LogP contribution in [0.15, 0.2) is 78.9 Å². The van der Waals surface area contributed by atoms with Crippen molar-refractivity contribution in [2.75, 3.05) is 0 Å². The van der Waals surface area contributed by atoms with E-state index < -0.39 is 11.1 Å². The molecule has 0 saturated heterocycles. The second-order valence-electron chi connectivity index (χ2n) is 5.10. The number of non-ortho nitro benzene ring substituents is 1. The molecule has 0 fully saturated rings. The molecule has 0 saturated carbocycles. The van der Waals surface area contributed by atoms with Gasteiger partial charge in [-0.1, -0.05) is 42.5 Å². The Morgan fingerprint density at radius 3 is 2.08 bits per heavy atom. The molecule has 3 aromatic rings. The van der Waals surface area contributed by atoms with E-state index in [0.29, 0.717) is 5.75 Å². The minimum Gasteiger partial charge on any atom is -0.395 e. The SMILES string of the molecule is O=C(Oc1ccc([N+](=O)[O-])cc1)Oc1cccc(-c2ccccc2)c1. The smallest absolute Gasteiger partial charge is 0.395 e. The number of carbonyl (C=O) groups excluding carboxylic acids is 1. The lowest BCUT2D eigenvalue weighted by atomic mass is 10.1. The number of nitro groups is 1. The van der Waals surface area contributed by atoms with Crippen LogP contribution < -0.4 is 9.47 Å². The lowest BCUT2D eigenvalue weighted by Gasteiger charge is -2.07. The van der Waals surface area contributed by atoms with Crippen LogP contribution in [0.25, 0.3) is 11.1 Å². The molecule has 3 aromatic carbocycles.